The molecule has 1 aromatic carbocycles. The zero-order valence-corrected chi connectivity index (χ0v) is 14.8. The summed E-state index contributed by atoms with van der Waals surface area (Å²) in [5, 5.41) is 3.61. The quantitative estimate of drug-likeness (QED) is 0.877. The molecule has 1 amide bonds. The number of nitrogens with one attached hydrogen (secondary N) is 1. The lowest BCUT2D eigenvalue weighted by Gasteiger charge is -2.11. The fourth-order valence-electron chi connectivity index (χ4n) is 2.48. The Hall–Kier alpha value is -1.86. The summed E-state index contributed by atoms with van der Waals surface area (Å²) in [6.45, 7) is 5.21. The molecule has 126 valence electrons. The van der Waals surface area contributed by atoms with Crippen LogP contribution in [0.4, 0.5) is 0 Å². The molecule has 0 bridgehead atoms. The van der Waals surface area contributed by atoms with Crippen molar-refractivity contribution in [3.05, 3.63) is 30.0 Å². The number of sulfonamides is 1. The van der Waals surface area contributed by atoms with Crippen LogP contribution in [0.2, 0.25) is 0 Å². The molecule has 0 atom stereocenters. The Kier molecular flexibility index (Phi) is 5.11. The molecule has 2 rings (SSSR count). The molecule has 1 heterocycles. The van der Waals surface area contributed by atoms with Crippen molar-refractivity contribution >= 4 is 26.8 Å². The summed E-state index contributed by atoms with van der Waals surface area (Å²) in [5.41, 5.74) is 1.40. The average molecular weight is 337 g/mol. The smallest absolute Gasteiger partial charge is 0.267 e. The first-order valence-corrected chi connectivity index (χ1v) is 9.11. The highest BCUT2D eigenvalue weighted by Gasteiger charge is 2.20. The average Bonchev–Trinajstić information content (AvgIpc) is 2.89. The number of fused-ring (bicyclic) bond motifs is 1. The largest absolute Gasteiger partial charge is 0.351 e. The van der Waals surface area contributed by atoms with E-state index in [-0.39, 0.29) is 10.8 Å². The minimum Gasteiger partial charge on any atom is -0.351 e. The Bertz CT molecular complexity index is 822. The number of aromatic nitrogens is 1. The summed E-state index contributed by atoms with van der Waals surface area (Å²) in [6.07, 6.45) is 0.864. The Morgan fingerprint density at radius 2 is 1.91 bits per heavy atom. The van der Waals surface area contributed by atoms with Gasteiger partial charge in [-0.05, 0) is 37.6 Å². The van der Waals surface area contributed by atoms with Crippen molar-refractivity contribution in [2.75, 3.05) is 20.6 Å². The molecule has 0 radical (unpaired) electrons. The molecule has 23 heavy (non-hydrogen) atoms. The van der Waals surface area contributed by atoms with Crippen LogP contribution in [0.3, 0.4) is 0 Å². The van der Waals surface area contributed by atoms with Gasteiger partial charge in [0.15, 0.2) is 0 Å². The topological polar surface area (TPSA) is 71.4 Å². The first-order chi connectivity index (χ1) is 10.8. The normalized spacial score (nSPS) is 12.0. The SMILES string of the molecule is CCCNC(=O)c1cc2cc(S(=O)(=O)N(C)C)ccc2n1CC. The summed E-state index contributed by atoms with van der Waals surface area (Å²) in [4.78, 5) is 12.5. The third-order valence-electron chi connectivity index (χ3n) is 3.74. The zero-order chi connectivity index (χ0) is 17.2. The standard InChI is InChI=1S/C16H23N3O3S/c1-5-9-17-16(20)15-11-12-10-13(23(21,22)18(3)4)7-8-14(12)19(15)6-2/h7-8,10-11H,5-6,9H2,1-4H3,(H,17,20). The number of hydrogen-bond acceptors (Lipinski definition) is 3. The molecule has 1 aromatic heterocycles. The molecule has 0 saturated heterocycles. The second-order valence-electron chi connectivity index (χ2n) is 5.54. The molecule has 0 aliphatic carbocycles. The number of carbonyl (C=O) groups excluding carboxylic acids is 1. The minimum absolute atomic E-state index is 0.137. The lowest BCUT2D eigenvalue weighted by molar-refractivity contribution is 0.0945. The van der Waals surface area contributed by atoms with Gasteiger partial charge in [0.05, 0.1) is 4.90 Å². The van der Waals surface area contributed by atoms with Crippen molar-refractivity contribution in [1.82, 2.24) is 14.2 Å². The van der Waals surface area contributed by atoms with Crippen LogP contribution in [0.15, 0.2) is 29.2 Å². The molecule has 6 nitrogen and oxygen atoms in total. The van der Waals surface area contributed by atoms with Crippen LogP contribution in [0, 0.1) is 0 Å². The number of carbonyl (C=O) groups is 1. The molecule has 0 unspecified atom stereocenters. The molecule has 0 aliphatic rings. The minimum atomic E-state index is -3.49. The van der Waals surface area contributed by atoms with Gasteiger partial charge in [-0.3, -0.25) is 4.79 Å². The molecule has 0 fully saturated rings. The Labute approximate surface area is 137 Å². The first kappa shape index (κ1) is 17.5. The monoisotopic (exact) mass is 337 g/mol. The maximum absolute atomic E-state index is 12.3. The number of benzene rings is 1. The summed E-state index contributed by atoms with van der Waals surface area (Å²) in [7, 11) is -0.489. The van der Waals surface area contributed by atoms with Crippen molar-refractivity contribution in [2.24, 2.45) is 0 Å². The molecule has 0 spiro atoms. The van der Waals surface area contributed by atoms with Crippen LogP contribution in [0.1, 0.15) is 30.8 Å². The summed E-state index contributed by atoms with van der Waals surface area (Å²) < 4.78 is 27.6. The highest BCUT2D eigenvalue weighted by atomic mass is 32.2. The summed E-state index contributed by atoms with van der Waals surface area (Å²) in [5.74, 6) is -0.137. The van der Waals surface area contributed by atoms with Crippen LogP contribution < -0.4 is 5.32 Å². The predicted molar refractivity (Wildman–Crippen MR) is 91.1 cm³/mol. The second kappa shape index (κ2) is 6.72. The highest BCUT2D eigenvalue weighted by molar-refractivity contribution is 7.89. The van der Waals surface area contributed by atoms with Crippen LogP contribution in [0.5, 0.6) is 0 Å². The lowest BCUT2D eigenvalue weighted by Crippen LogP contribution is -2.26. The van der Waals surface area contributed by atoms with Gasteiger partial charge in [-0.1, -0.05) is 6.92 Å². The van der Waals surface area contributed by atoms with Gasteiger partial charge in [0.2, 0.25) is 10.0 Å². The van der Waals surface area contributed by atoms with E-state index in [1.54, 1.807) is 24.3 Å². The summed E-state index contributed by atoms with van der Waals surface area (Å²) in [6, 6.07) is 6.70. The van der Waals surface area contributed by atoms with Crippen molar-refractivity contribution < 1.29 is 13.2 Å². The Morgan fingerprint density at radius 1 is 1.22 bits per heavy atom. The van der Waals surface area contributed by atoms with Gasteiger partial charge in [0, 0.05) is 38.1 Å². The van der Waals surface area contributed by atoms with E-state index in [0.29, 0.717) is 18.8 Å². The number of aryl methyl sites for hydroxylation is 1. The van der Waals surface area contributed by atoms with Crippen LogP contribution >= 0.6 is 0 Å². The van der Waals surface area contributed by atoms with Gasteiger partial charge in [-0.2, -0.15) is 0 Å². The molecule has 0 saturated carbocycles. The van der Waals surface area contributed by atoms with E-state index in [1.165, 1.54) is 18.4 Å². The van der Waals surface area contributed by atoms with E-state index in [2.05, 4.69) is 5.32 Å². The number of amides is 1. The van der Waals surface area contributed by atoms with E-state index in [0.717, 1.165) is 17.3 Å². The first-order valence-electron chi connectivity index (χ1n) is 7.67. The maximum Gasteiger partial charge on any atom is 0.267 e. The van der Waals surface area contributed by atoms with E-state index in [4.69, 9.17) is 0 Å². The maximum atomic E-state index is 12.3. The van der Waals surface area contributed by atoms with Gasteiger partial charge in [-0.15, -0.1) is 0 Å². The van der Waals surface area contributed by atoms with Crippen molar-refractivity contribution in [2.45, 2.75) is 31.7 Å². The van der Waals surface area contributed by atoms with Gasteiger partial charge in [0.1, 0.15) is 5.69 Å². The van der Waals surface area contributed by atoms with Crippen molar-refractivity contribution in [3.8, 4) is 0 Å². The van der Waals surface area contributed by atoms with Crippen LogP contribution in [0.25, 0.3) is 10.9 Å². The van der Waals surface area contributed by atoms with E-state index in [9.17, 15) is 13.2 Å². The van der Waals surface area contributed by atoms with E-state index < -0.39 is 10.0 Å². The molecule has 7 heteroatoms. The zero-order valence-electron chi connectivity index (χ0n) is 14.0. The molecule has 2 aromatic rings. The van der Waals surface area contributed by atoms with E-state index in [1.807, 2.05) is 18.4 Å². The van der Waals surface area contributed by atoms with Crippen LogP contribution in [-0.2, 0) is 16.6 Å². The molecule has 1 N–H and O–H groups in total. The van der Waals surface area contributed by atoms with Gasteiger partial charge >= 0.3 is 0 Å². The highest BCUT2D eigenvalue weighted by Crippen LogP contribution is 2.24. The summed E-state index contributed by atoms with van der Waals surface area (Å²) >= 11 is 0. The Balaban J connectivity index is 2.55. The van der Waals surface area contributed by atoms with E-state index >= 15 is 0 Å². The fraction of sp³-hybridized carbons (Fsp3) is 0.438. The molecular formula is C16H23N3O3S. The van der Waals surface area contributed by atoms with Crippen LogP contribution in [-0.4, -0.2) is 43.8 Å². The lowest BCUT2D eigenvalue weighted by atomic mass is 10.2. The molecular weight excluding hydrogens is 314 g/mol. The number of rotatable bonds is 6. The third kappa shape index (κ3) is 3.25. The fourth-order valence-corrected chi connectivity index (χ4v) is 3.42. The predicted octanol–water partition coefficient (Wildman–Crippen LogP) is 2.05. The van der Waals surface area contributed by atoms with Crippen molar-refractivity contribution in [3.63, 3.8) is 0 Å². The molecule has 0 aliphatic heterocycles. The van der Waals surface area contributed by atoms with Crippen molar-refractivity contribution in [1.29, 1.82) is 0 Å². The second-order valence-corrected chi connectivity index (χ2v) is 7.69. The van der Waals surface area contributed by atoms with Gasteiger partial charge in [-0.25, -0.2) is 12.7 Å². The van der Waals surface area contributed by atoms with Gasteiger partial charge in [0.25, 0.3) is 5.91 Å². The number of hydrogen-bond donors (Lipinski definition) is 1. The van der Waals surface area contributed by atoms with Gasteiger partial charge < -0.3 is 9.88 Å². The Morgan fingerprint density at radius 3 is 2.48 bits per heavy atom. The number of nitrogens with zero attached hydrogens (tertiary/aromatic N) is 2. The third-order valence-corrected chi connectivity index (χ3v) is 5.55.